The first-order chi connectivity index (χ1) is 7.24. The van der Waals surface area contributed by atoms with Gasteiger partial charge in [-0.1, -0.05) is 6.07 Å². The normalized spacial score (nSPS) is 12.1. The first kappa shape index (κ1) is 12.7. The molecule has 0 radical (unpaired) electrons. The summed E-state index contributed by atoms with van der Waals surface area (Å²) in [6, 6.07) is 7.43. The minimum Gasteiger partial charge on any atom is -0.243 e. The largest absolute Gasteiger partial charge is 0.243 e. The van der Waals surface area contributed by atoms with E-state index in [4.69, 9.17) is 5.26 Å². The van der Waals surface area contributed by atoms with Crippen LogP contribution in [-0.4, -0.2) is 19.8 Å². The first-order valence-corrected chi connectivity index (χ1v) is 6.32. The van der Waals surface area contributed by atoms with E-state index in [-0.39, 0.29) is 10.5 Å². The zero-order valence-corrected chi connectivity index (χ0v) is 9.88. The van der Waals surface area contributed by atoms with Crippen LogP contribution in [0.4, 0.5) is 4.39 Å². The molecule has 0 heterocycles. The highest BCUT2D eigenvalue weighted by Gasteiger charge is 2.27. The predicted octanol–water partition coefficient (Wildman–Crippen LogP) is 2.08. The topological polar surface area (TPSA) is 57.9 Å². The number of halogens is 1. The van der Waals surface area contributed by atoms with Crippen LogP contribution in [0.15, 0.2) is 29.2 Å². The molecule has 0 spiro atoms. The number of hydrogen-bond acceptors (Lipinski definition) is 3. The summed E-state index contributed by atoms with van der Waals surface area (Å²) in [5, 5.41) is 8.64. The maximum atomic E-state index is 13.3. The Kier molecular flexibility index (Phi) is 3.34. The Hall–Kier alpha value is -1.41. The van der Waals surface area contributed by atoms with Gasteiger partial charge in [-0.05, 0) is 32.0 Å². The molecule has 3 nitrogen and oxygen atoms in total. The molecule has 0 aliphatic rings. The Morgan fingerprint density at radius 2 is 2.06 bits per heavy atom. The van der Waals surface area contributed by atoms with Crippen LogP contribution in [0, 0.1) is 11.3 Å². The van der Waals surface area contributed by atoms with Crippen molar-refractivity contribution in [1.82, 2.24) is 0 Å². The molecule has 0 amide bonds. The Morgan fingerprint density at radius 3 is 2.56 bits per heavy atom. The third-order valence-corrected chi connectivity index (χ3v) is 3.89. The monoisotopic (exact) mass is 241 g/mol. The molecule has 86 valence electrons. The van der Waals surface area contributed by atoms with Crippen LogP contribution in [0.5, 0.6) is 0 Å². The van der Waals surface area contributed by atoms with E-state index in [1.807, 2.05) is 6.07 Å². The predicted molar refractivity (Wildman–Crippen MR) is 58.4 cm³/mol. The molecule has 5 heteroatoms. The standard InChI is InChI=1S/C11H12FNO2S/c1-11(2,12)8-16(14,15)10-5-3-4-9(6-10)7-13/h3-6H,8H2,1-2H3. The quantitative estimate of drug-likeness (QED) is 0.814. The molecule has 0 bridgehead atoms. The van der Waals surface area contributed by atoms with Gasteiger partial charge in [-0.15, -0.1) is 0 Å². The molecule has 0 N–H and O–H groups in total. The second-order valence-electron chi connectivity index (χ2n) is 4.12. The number of nitriles is 1. The molecule has 1 rings (SSSR count). The van der Waals surface area contributed by atoms with E-state index >= 15 is 0 Å². The average molecular weight is 241 g/mol. The minimum absolute atomic E-state index is 0.0164. The number of benzene rings is 1. The van der Waals surface area contributed by atoms with Crippen molar-refractivity contribution in [2.24, 2.45) is 0 Å². The fourth-order valence-corrected chi connectivity index (χ4v) is 2.96. The van der Waals surface area contributed by atoms with Gasteiger partial charge in [-0.3, -0.25) is 0 Å². The molecule has 0 fully saturated rings. The number of rotatable bonds is 3. The van der Waals surface area contributed by atoms with E-state index < -0.39 is 21.3 Å². The van der Waals surface area contributed by atoms with Crippen molar-refractivity contribution in [1.29, 1.82) is 5.26 Å². The number of alkyl halides is 1. The van der Waals surface area contributed by atoms with Gasteiger partial charge in [0.25, 0.3) is 0 Å². The maximum absolute atomic E-state index is 13.3. The fraction of sp³-hybridized carbons (Fsp3) is 0.364. The molecule has 0 unspecified atom stereocenters. The van der Waals surface area contributed by atoms with E-state index in [1.165, 1.54) is 38.1 Å². The lowest BCUT2D eigenvalue weighted by molar-refractivity contribution is 0.249. The number of hydrogen-bond donors (Lipinski definition) is 0. The van der Waals surface area contributed by atoms with Crippen LogP contribution in [0.1, 0.15) is 19.4 Å². The average Bonchev–Trinajstić information content (AvgIpc) is 2.14. The zero-order valence-electron chi connectivity index (χ0n) is 9.07. The van der Waals surface area contributed by atoms with E-state index in [1.54, 1.807) is 0 Å². The summed E-state index contributed by atoms with van der Waals surface area (Å²) in [7, 11) is -3.68. The van der Waals surface area contributed by atoms with Crippen molar-refractivity contribution in [2.75, 3.05) is 5.75 Å². The molecule has 0 saturated heterocycles. The molecule has 16 heavy (non-hydrogen) atoms. The highest BCUT2D eigenvalue weighted by molar-refractivity contribution is 7.91. The summed E-state index contributed by atoms with van der Waals surface area (Å²) in [5.74, 6) is -0.588. The Labute approximate surface area is 94.4 Å². The second kappa shape index (κ2) is 4.22. The molecule has 0 aliphatic heterocycles. The van der Waals surface area contributed by atoms with Gasteiger partial charge in [0.2, 0.25) is 0 Å². The third kappa shape index (κ3) is 3.31. The minimum atomic E-state index is -3.68. The van der Waals surface area contributed by atoms with Gasteiger partial charge >= 0.3 is 0 Å². The van der Waals surface area contributed by atoms with Crippen LogP contribution in [-0.2, 0) is 9.84 Å². The SMILES string of the molecule is CC(C)(F)CS(=O)(=O)c1cccc(C#N)c1. The fourth-order valence-electron chi connectivity index (χ4n) is 1.29. The summed E-state index contributed by atoms with van der Waals surface area (Å²) in [6.45, 7) is 2.41. The van der Waals surface area contributed by atoms with Gasteiger partial charge in [0.05, 0.1) is 22.3 Å². The highest BCUT2D eigenvalue weighted by atomic mass is 32.2. The summed E-state index contributed by atoms with van der Waals surface area (Å²) < 4.78 is 36.8. The maximum Gasteiger partial charge on any atom is 0.181 e. The molecule has 0 atom stereocenters. The lowest BCUT2D eigenvalue weighted by Gasteiger charge is -2.14. The summed E-state index contributed by atoms with van der Waals surface area (Å²) in [5.41, 5.74) is -1.54. The Balaban J connectivity index is 3.14. The number of nitrogens with zero attached hydrogens (tertiary/aromatic N) is 1. The molecular weight excluding hydrogens is 229 g/mol. The van der Waals surface area contributed by atoms with Crippen LogP contribution in [0.25, 0.3) is 0 Å². The summed E-state index contributed by atoms with van der Waals surface area (Å²) >= 11 is 0. The van der Waals surface area contributed by atoms with Crippen LogP contribution in [0.2, 0.25) is 0 Å². The zero-order chi connectivity index (χ0) is 12.4. The Bertz CT molecular complexity index is 524. The van der Waals surface area contributed by atoms with Gasteiger partial charge in [0, 0.05) is 0 Å². The van der Waals surface area contributed by atoms with E-state index in [2.05, 4.69) is 0 Å². The first-order valence-electron chi connectivity index (χ1n) is 4.66. The smallest absolute Gasteiger partial charge is 0.181 e. The van der Waals surface area contributed by atoms with Gasteiger partial charge in [-0.25, -0.2) is 12.8 Å². The summed E-state index contributed by atoms with van der Waals surface area (Å²) in [6.07, 6.45) is 0. The molecule has 1 aromatic carbocycles. The van der Waals surface area contributed by atoms with Crippen molar-refractivity contribution in [3.8, 4) is 6.07 Å². The van der Waals surface area contributed by atoms with Crippen molar-refractivity contribution in [3.63, 3.8) is 0 Å². The molecular formula is C11H12FNO2S. The van der Waals surface area contributed by atoms with Gasteiger partial charge < -0.3 is 0 Å². The second-order valence-corrected chi connectivity index (χ2v) is 6.11. The van der Waals surface area contributed by atoms with Gasteiger partial charge in [-0.2, -0.15) is 5.26 Å². The van der Waals surface area contributed by atoms with Crippen molar-refractivity contribution in [3.05, 3.63) is 29.8 Å². The summed E-state index contributed by atoms with van der Waals surface area (Å²) in [4.78, 5) is -0.0164. The van der Waals surface area contributed by atoms with Crippen LogP contribution in [0.3, 0.4) is 0 Å². The number of sulfone groups is 1. The highest BCUT2D eigenvalue weighted by Crippen LogP contribution is 2.19. The Morgan fingerprint density at radius 1 is 1.44 bits per heavy atom. The molecule has 1 aromatic rings. The third-order valence-electron chi connectivity index (χ3n) is 1.86. The van der Waals surface area contributed by atoms with E-state index in [9.17, 15) is 12.8 Å². The van der Waals surface area contributed by atoms with Gasteiger partial charge in [0.1, 0.15) is 5.67 Å². The molecule has 0 aliphatic carbocycles. The van der Waals surface area contributed by atoms with E-state index in [0.29, 0.717) is 0 Å². The lowest BCUT2D eigenvalue weighted by Crippen LogP contribution is -2.25. The molecule has 0 aromatic heterocycles. The van der Waals surface area contributed by atoms with Crippen molar-refractivity contribution in [2.45, 2.75) is 24.4 Å². The van der Waals surface area contributed by atoms with Crippen LogP contribution < -0.4 is 0 Å². The van der Waals surface area contributed by atoms with Crippen LogP contribution >= 0.6 is 0 Å². The van der Waals surface area contributed by atoms with Crippen molar-refractivity contribution < 1.29 is 12.8 Å². The van der Waals surface area contributed by atoms with E-state index in [0.717, 1.165) is 0 Å². The van der Waals surface area contributed by atoms with Crippen molar-refractivity contribution >= 4 is 9.84 Å². The lowest BCUT2D eigenvalue weighted by atomic mass is 10.2. The van der Waals surface area contributed by atoms with Gasteiger partial charge in [0.15, 0.2) is 9.84 Å². The molecule has 0 saturated carbocycles.